The largest absolute Gasteiger partial charge is 0.331 e. The molecule has 2 heterocycles. The van der Waals surface area contributed by atoms with E-state index >= 15 is 0 Å². The highest BCUT2D eigenvalue weighted by Crippen LogP contribution is 2.52. The minimum atomic E-state index is -0.304. The predicted molar refractivity (Wildman–Crippen MR) is 182 cm³/mol. The molecule has 6 rings (SSSR count). The van der Waals surface area contributed by atoms with Gasteiger partial charge in [0.25, 0.3) is 0 Å². The van der Waals surface area contributed by atoms with E-state index in [9.17, 15) is 0 Å². The lowest BCUT2D eigenvalue weighted by Gasteiger charge is -2.34. The number of hydrogen-bond acceptors (Lipinski definition) is 2. The lowest BCUT2D eigenvalue weighted by molar-refractivity contribution is 0.273. The first kappa shape index (κ1) is 30.1. The van der Waals surface area contributed by atoms with E-state index in [1.165, 1.54) is 98.1 Å². The Morgan fingerprint density at radius 3 is 1.81 bits per heavy atom. The SMILES string of the molecule is CCC1(CC2=C(C(C)(C)c3nc(-c4ccccc4)n(C)c3CC3(CC)CCCC3)N=C(c3ccccc3)C2C)CCCC1. The van der Waals surface area contributed by atoms with Crippen LogP contribution in [0.3, 0.4) is 0 Å². The molecule has 3 nitrogen and oxygen atoms in total. The molecule has 0 bridgehead atoms. The van der Waals surface area contributed by atoms with Crippen LogP contribution < -0.4 is 0 Å². The van der Waals surface area contributed by atoms with Gasteiger partial charge in [-0.15, -0.1) is 0 Å². The van der Waals surface area contributed by atoms with Gasteiger partial charge in [-0.1, -0.05) is 120 Å². The zero-order valence-electron chi connectivity index (χ0n) is 27.7. The minimum absolute atomic E-state index is 0.304. The van der Waals surface area contributed by atoms with E-state index in [4.69, 9.17) is 9.98 Å². The Bertz CT molecular complexity index is 1480. The fourth-order valence-corrected chi connectivity index (χ4v) is 8.87. The molecule has 1 unspecified atom stereocenters. The number of rotatable bonds is 10. The smallest absolute Gasteiger partial charge is 0.140 e. The number of allylic oxidation sites excluding steroid dienone is 2. The summed E-state index contributed by atoms with van der Waals surface area (Å²) in [5, 5.41) is 0. The first-order valence-corrected chi connectivity index (χ1v) is 17.2. The van der Waals surface area contributed by atoms with Crippen LogP contribution in [-0.4, -0.2) is 15.3 Å². The van der Waals surface area contributed by atoms with Gasteiger partial charge in [-0.2, -0.15) is 0 Å². The van der Waals surface area contributed by atoms with Gasteiger partial charge in [0.2, 0.25) is 0 Å². The molecule has 3 heteroatoms. The Hall–Kier alpha value is -2.94. The first-order valence-electron chi connectivity index (χ1n) is 17.2. The molecule has 3 aromatic rings. The second-order valence-electron chi connectivity index (χ2n) is 14.7. The van der Waals surface area contributed by atoms with Gasteiger partial charge in [0.1, 0.15) is 5.82 Å². The summed E-state index contributed by atoms with van der Waals surface area (Å²) in [7, 11) is 2.26. The molecule has 228 valence electrons. The first-order chi connectivity index (χ1) is 20.7. The van der Waals surface area contributed by atoms with Crippen molar-refractivity contribution in [2.24, 2.45) is 28.8 Å². The molecule has 0 saturated heterocycles. The third kappa shape index (κ3) is 5.47. The van der Waals surface area contributed by atoms with Crippen LogP contribution in [-0.2, 0) is 18.9 Å². The Kier molecular flexibility index (Phi) is 8.31. The maximum absolute atomic E-state index is 5.65. The van der Waals surface area contributed by atoms with Gasteiger partial charge in [-0.3, -0.25) is 4.99 Å². The summed E-state index contributed by atoms with van der Waals surface area (Å²) >= 11 is 0. The van der Waals surface area contributed by atoms with Crippen LogP contribution in [0.5, 0.6) is 0 Å². The normalized spacial score (nSPS) is 21.5. The molecular formula is C40H53N3. The van der Waals surface area contributed by atoms with Gasteiger partial charge in [0, 0.05) is 24.2 Å². The molecule has 0 N–H and O–H groups in total. The third-order valence-corrected chi connectivity index (χ3v) is 11.9. The molecule has 2 aromatic carbocycles. The summed E-state index contributed by atoms with van der Waals surface area (Å²) in [6, 6.07) is 21.7. The van der Waals surface area contributed by atoms with E-state index in [1.54, 1.807) is 5.57 Å². The highest BCUT2D eigenvalue weighted by molar-refractivity contribution is 6.06. The van der Waals surface area contributed by atoms with Crippen LogP contribution in [0.4, 0.5) is 0 Å². The van der Waals surface area contributed by atoms with Crippen molar-refractivity contribution >= 4 is 5.71 Å². The molecule has 0 radical (unpaired) electrons. The molecule has 0 spiro atoms. The van der Waals surface area contributed by atoms with Gasteiger partial charge < -0.3 is 4.57 Å². The molecule has 3 aliphatic rings. The summed E-state index contributed by atoms with van der Waals surface area (Å²) in [6.07, 6.45) is 15.5. The second kappa shape index (κ2) is 11.9. The van der Waals surface area contributed by atoms with Crippen molar-refractivity contribution in [1.29, 1.82) is 0 Å². The van der Waals surface area contributed by atoms with Gasteiger partial charge in [0.05, 0.1) is 22.5 Å². The third-order valence-electron chi connectivity index (χ3n) is 11.9. The van der Waals surface area contributed by atoms with E-state index in [2.05, 4.69) is 107 Å². The summed E-state index contributed by atoms with van der Waals surface area (Å²) in [6.45, 7) is 12.1. The monoisotopic (exact) mass is 575 g/mol. The number of aromatic nitrogens is 2. The minimum Gasteiger partial charge on any atom is -0.331 e. The molecule has 2 fully saturated rings. The molecule has 1 aromatic heterocycles. The summed E-state index contributed by atoms with van der Waals surface area (Å²) in [5.41, 5.74) is 9.69. The van der Waals surface area contributed by atoms with Crippen molar-refractivity contribution in [3.8, 4) is 11.4 Å². The van der Waals surface area contributed by atoms with E-state index in [0.717, 1.165) is 18.7 Å². The zero-order valence-corrected chi connectivity index (χ0v) is 27.7. The van der Waals surface area contributed by atoms with E-state index in [-0.39, 0.29) is 5.41 Å². The van der Waals surface area contributed by atoms with Crippen molar-refractivity contribution < 1.29 is 0 Å². The Morgan fingerprint density at radius 2 is 1.28 bits per heavy atom. The maximum atomic E-state index is 5.65. The zero-order chi connectivity index (χ0) is 30.2. The average Bonchev–Trinajstić information content (AvgIpc) is 3.83. The van der Waals surface area contributed by atoms with Crippen LogP contribution in [0.15, 0.2) is 76.9 Å². The molecule has 1 atom stereocenters. The quantitative estimate of drug-likeness (QED) is 0.236. The van der Waals surface area contributed by atoms with Crippen molar-refractivity contribution in [2.75, 3.05) is 0 Å². The molecule has 1 aliphatic heterocycles. The fraction of sp³-hybridized carbons (Fsp3) is 0.550. The van der Waals surface area contributed by atoms with Crippen LogP contribution >= 0.6 is 0 Å². The summed E-state index contributed by atoms with van der Waals surface area (Å²) in [5.74, 6) is 1.41. The standard InChI is InChI=1S/C40H53N3/c1-7-39(23-15-16-24-39)27-32-29(3)34(30-19-11-9-12-20-30)41-35(32)38(4,5)36-33(28-40(8-2)25-17-18-26-40)43(6)37(42-36)31-21-13-10-14-22-31/h9-14,19-22,29H,7-8,15-18,23-28H2,1-6H3. The molecular weight excluding hydrogens is 522 g/mol. The number of aliphatic imine (C=N–C) groups is 1. The lowest BCUT2D eigenvalue weighted by Crippen LogP contribution is -2.28. The second-order valence-corrected chi connectivity index (χ2v) is 14.7. The molecule has 2 aliphatic carbocycles. The van der Waals surface area contributed by atoms with Crippen LogP contribution in [0.25, 0.3) is 11.4 Å². The predicted octanol–water partition coefficient (Wildman–Crippen LogP) is 10.6. The van der Waals surface area contributed by atoms with E-state index < -0.39 is 0 Å². The number of nitrogens with zero attached hydrogens (tertiary/aromatic N) is 3. The fourth-order valence-electron chi connectivity index (χ4n) is 8.87. The topological polar surface area (TPSA) is 30.2 Å². The van der Waals surface area contributed by atoms with Crippen molar-refractivity contribution in [3.63, 3.8) is 0 Å². The van der Waals surface area contributed by atoms with E-state index in [1.807, 2.05) is 0 Å². The van der Waals surface area contributed by atoms with Gasteiger partial charge in [0.15, 0.2) is 0 Å². The number of benzene rings is 2. The summed E-state index contributed by atoms with van der Waals surface area (Å²) in [4.78, 5) is 11.2. The molecule has 43 heavy (non-hydrogen) atoms. The number of imidazole rings is 1. The van der Waals surface area contributed by atoms with Crippen LogP contribution in [0.1, 0.15) is 122 Å². The van der Waals surface area contributed by atoms with Gasteiger partial charge in [-0.05, 0) is 74.3 Å². The number of hydrogen-bond donors (Lipinski definition) is 0. The Morgan fingerprint density at radius 1 is 0.767 bits per heavy atom. The molecule has 0 amide bonds. The van der Waals surface area contributed by atoms with Crippen LogP contribution in [0, 0.1) is 16.7 Å². The molecule has 2 saturated carbocycles. The highest BCUT2D eigenvalue weighted by atomic mass is 15.1. The van der Waals surface area contributed by atoms with Crippen molar-refractivity contribution in [2.45, 2.75) is 117 Å². The van der Waals surface area contributed by atoms with Gasteiger partial charge >= 0.3 is 0 Å². The van der Waals surface area contributed by atoms with Crippen LogP contribution in [0.2, 0.25) is 0 Å². The van der Waals surface area contributed by atoms with E-state index in [0.29, 0.717) is 16.7 Å². The lowest BCUT2D eigenvalue weighted by atomic mass is 9.71. The summed E-state index contributed by atoms with van der Waals surface area (Å²) < 4.78 is 2.44. The Balaban J connectivity index is 1.52. The van der Waals surface area contributed by atoms with Gasteiger partial charge in [-0.25, -0.2) is 4.98 Å². The van der Waals surface area contributed by atoms with Crippen molar-refractivity contribution in [3.05, 3.63) is 88.9 Å². The Labute approximate surface area is 260 Å². The average molecular weight is 576 g/mol. The maximum Gasteiger partial charge on any atom is 0.140 e. The highest BCUT2D eigenvalue weighted by Gasteiger charge is 2.44. The van der Waals surface area contributed by atoms with Crippen molar-refractivity contribution in [1.82, 2.24) is 9.55 Å².